The van der Waals surface area contributed by atoms with Crippen molar-refractivity contribution in [3.8, 4) is 17.0 Å². The van der Waals surface area contributed by atoms with Crippen molar-refractivity contribution in [2.45, 2.75) is 0 Å². The summed E-state index contributed by atoms with van der Waals surface area (Å²) >= 11 is 4.86. The molecule has 0 amide bonds. The summed E-state index contributed by atoms with van der Waals surface area (Å²) in [4.78, 5) is 0. The topological polar surface area (TPSA) is 37.9 Å². The first-order chi connectivity index (χ1) is 7.70. The van der Waals surface area contributed by atoms with Gasteiger partial charge in [-0.1, -0.05) is 12.2 Å². The van der Waals surface area contributed by atoms with Crippen molar-refractivity contribution >= 4 is 12.2 Å². The lowest BCUT2D eigenvalue weighted by Crippen LogP contribution is -1.91. The molecule has 0 saturated heterocycles. The van der Waals surface area contributed by atoms with E-state index in [1.165, 1.54) is 13.2 Å². The van der Waals surface area contributed by atoms with Gasteiger partial charge in [0.25, 0.3) is 0 Å². The number of H-pyrrole nitrogens is 1. The van der Waals surface area contributed by atoms with Crippen molar-refractivity contribution in [1.82, 2.24) is 10.2 Å². The van der Waals surface area contributed by atoms with Crippen molar-refractivity contribution in [3.63, 3.8) is 0 Å². The van der Waals surface area contributed by atoms with Crippen molar-refractivity contribution in [2.75, 3.05) is 7.11 Å². The molecule has 0 unspecified atom stereocenters. The van der Waals surface area contributed by atoms with Crippen LogP contribution in [0.2, 0.25) is 0 Å². The van der Waals surface area contributed by atoms with Gasteiger partial charge >= 0.3 is 0 Å². The van der Waals surface area contributed by atoms with Gasteiger partial charge in [-0.3, -0.25) is 5.10 Å². The molecule has 0 saturated carbocycles. The highest BCUT2D eigenvalue weighted by molar-refractivity contribution is 7.71. The van der Waals surface area contributed by atoms with E-state index in [4.69, 9.17) is 17.0 Å². The van der Waals surface area contributed by atoms with Gasteiger partial charge in [0.2, 0.25) is 0 Å². The molecule has 0 bridgehead atoms. The lowest BCUT2D eigenvalue weighted by molar-refractivity contribution is 0.411. The monoisotopic (exact) mass is 236 g/mol. The predicted molar refractivity (Wildman–Crippen MR) is 61.4 cm³/mol. The summed E-state index contributed by atoms with van der Waals surface area (Å²) in [5.74, 6) is 0.0995. The smallest absolute Gasteiger partial charge is 0.136 e. The summed E-state index contributed by atoms with van der Waals surface area (Å²) in [6, 6.07) is 7.96. The van der Waals surface area contributed by atoms with Gasteiger partial charge in [0.1, 0.15) is 16.2 Å². The Labute approximate surface area is 96.9 Å². The molecular weight excluding hydrogens is 227 g/mol. The van der Waals surface area contributed by atoms with Crippen LogP contribution in [0, 0.1) is 10.5 Å². The number of aromatic nitrogens is 2. The quantitative estimate of drug-likeness (QED) is 0.815. The molecule has 1 aromatic carbocycles. The molecule has 82 valence electrons. The molecule has 5 heteroatoms. The van der Waals surface area contributed by atoms with E-state index in [0.717, 1.165) is 0 Å². The lowest BCUT2D eigenvalue weighted by atomic mass is 10.1. The second kappa shape index (κ2) is 4.40. The second-order valence-corrected chi connectivity index (χ2v) is 3.59. The van der Waals surface area contributed by atoms with Crippen LogP contribution in [0.1, 0.15) is 0 Å². The molecule has 2 aromatic rings. The van der Waals surface area contributed by atoms with E-state index >= 15 is 0 Å². The number of rotatable bonds is 2. The minimum absolute atomic E-state index is 0.377. The van der Waals surface area contributed by atoms with Gasteiger partial charge in [-0.15, -0.1) is 0 Å². The summed E-state index contributed by atoms with van der Waals surface area (Å²) in [6.45, 7) is 0. The Hall–Kier alpha value is -1.75. The molecule has 0 spiro atoms. The average molecular weight is 236 g/mol. The molecule has 0 radical (unpaired) electrons. The number of methoxy groups -OCH3 is 1. The Morgan fingerprint density at radius 1 is 1.31 bits per heavy atom. The minimum atomic E-state index is -0.377. The number of halogens is 1. The van der Waals surface area contributed by atoms with Crippen LogP contribution in [-0.4, -0.2) is 17.3 Å². The molecule has 1 heterocycles. The van der Waals surface area contributed by atoms with Gasteiger partial charge in [0, 0.05) is 11.6 Å². The summed E-state index contributed by atoms with van der Waals surface area (Å²) in [5.41, 5.74) is 0.917. The fraction of sp³-hybridized carbons (Fsp3) is 0.0909. The first-order valence-electron chi connectivity index (χ1n) is 4.60. The highest BCUT2D eigenvalue weighted by Gasteiger charge is 2.07. The number of aromatic amines is 1. The highest BCUT2D eigenvalue weighted by atomic mass is 32.1. The summed E-state index contributed by atoms with van der Waals surface area (Å²) in [6.07, 6.45) is 0. The molecule has 0 atom stereocenters. The molecule has 0 fully saturated rings. The van der Waals surface area contributed by atoms with Crippen LogP contribution < -0.4 is 4.74 Å². The molecule has 1 aromatic heterocycles. The molecule has 0 aliphatic rings. The van der Waals surface area contributed by atoms with Crippen LogP contribution in [-0.2, 0) is 0 Å². The number of ether oxygens (including phenoxy) is 1. The zero-order chi connectivity index (χ0) is 11.5. The lowest BCUT2D eigenvalue weighted by Gasteiger charge is -2.04. The maximum Gasteiger partial charge on any atom is 0.136 e. The Morgan fingerprint density at radius 2 is 2.12 bits per heavy atom. The third-order valence-electron chi connectivity index (χ3n) is 2.13. The normalized spacial score (nSPS) is 10.1. The van der Waals surface area contributed by atoms with Crippen molar-refractivity contribution in [3.05, 3.63) is 40.8 Å². The Balaban J connectivity index is 2.48. The van der Waals surface area contributed by atoms with E-state index in [9.17, 15) is 4.39 Å². The fourth-order valence-electron chi connectivity index (χ4n) is 1.33. The highest BCUT2D eigenvalue weighted by Crippen LogP contribution is 2.23. The van der Waals surface area contributed by atoms with Gasteiger partial charge in [-0.25, -0.2) is 4.39 Å². The van der Waals surface area contributed by atoms with Crippen LogP contribution in [0.15, 0.2) is 30.3 Å². The zero-order valence-electron chi connectivity index (χ0n) is 8.53. The standard InChI is InChI=1S/C11H9FN2OS/c1-15-7-2-3-8(9(12)6-7)10-4-5-11(16)14-13-10/h2-6H,1H3,(H,14,16). The van der Waals surface area contributed by atoms with E-state index in [1.54, 1.807) is 24.3 Å². The van der Waals surface area contributed by atoms with Crippen LogP contribution in [0.4, 0.5) is 4.39 Å². The molecule has 2 rings (SSSR count). The van der Waals surface area contributed by atoms with Crippen LogP contribution >= 0.6 is 12.2 Å². The second-order valence-electron chi connectivity index (χ2n) is 3.15. The average Bonchev–Trinajstić information content (AvgIpc) is 2.30. The fourth-order valence-corrected chi connectivity index (χ4v) is 1.44. The molecule has 0 aliphatic carbocycles. The largest absolute Gasteiger partial charge is 0.497 e. The summed E-state index contributed by atoms with van der Waals surface area (Å²) < 4.78 is 19.1. The minimum Gasteiger partial charge on any atom is -0.497 e. The molecule has 1 N–H and O–H groups in total. The van der Waals surface area contributed by atoms with E-state index in [2.05, 4.69) is 10.2 Å². The van der Waals surface area contributed by atoms with Gasteiger partial charge in [-0.05, 0) is 24.3 Å². The van der Waals surface area contributed by atoms with E-state index in [1.807, 2.05) is 0 Å². The van der Waals surface area contributed by atoms with E-state index in [-0.39, 0.29) is 5.82 Å². The molecular formula is C11H9FN2OS. The van der Waals surface area contributed by atoms with Crippen molar-refractivity contribution in [2.24, 2.45) is 0 Å². The Bertz CT molecular complexity index is 548. The SMILES string of the molecule is COc1ccc(-c2ccc(=S)[nH]n2)c(F)c1. The summed E-state index contributed by atoms with van der Waals surface area (Å²) in [5, 5.41) is 6.58. The first-order valence-corrected chi connectivity index (χ1v) is 5.01. The maximum atomic E-state index is 13.7. The van der Waals surface area contributed by atoms with Crippen molar-refractivity contribution in [1.29, 1.82) is 0 Å². The molecule has 0 aliphatic heterocycles. The Morgan fingerprint density at radius 3 is 2.69 bits per heavy atom. The van der Waals surface area contributed by atoms with Gasteiger partial charge in [-0.2, -0.15) is 5.10 Å². The van der Waals surface area contributed by atoms with Gasteiger partial charge in [0.05, 0.1) is 12.8 Å². The van der Waals surface area contributed by atoms with Crippen LogP contribution in [0.5, 0.6) is 5.75 Å². The molecule has 16 heavy (non-hydrogen) atoms. The number of hydrogen-bond donors (Lipinski definition) is 1. The van der Waals surface area contributed by atoms with Gasteiger partial charge < -0.3 is 4.74 Å². The number of nitrogens with zero attached hydrogens (tertiary/aromatic N) is 1. The predicted octanol–water partition coefficient (Wildman–Crippen LogP) is 2.95. The van der Waals surface area contributed by atoms with Crippen molar-refractivity contribution < 1.29 is 9.13 Å². The van der Waals surface area contributed by atoms with Crippen LogP contribution in [0.3, 0.4) is 0 Å². The zero-order valence-corrected chi connectivity index (χ0v) is 9.34. The van der Waals surface area contributed by atoms with Crippen LogP contribution in [0.25, 0.3) is 11.3 Å². The summed E-state index contributed by atoms with van der Waals surface area (Å²) in [7, 11) is 1.49. The van der Waals surface area contributed by atoms with E-state index in [0.29, 0.717) is 21.6 Å². The third kappa shape index (κ3) is 2.09. The number of hydrogen-bond acceptors (Lipinski definition) is 3. The Kier molecular flexibility index (Phi) is 2.96. The number of nitrogens with one attached hydrogen (secondary N) is 1. The maximum absolute atomic E-state index is 13.7. The van der Waals surface area contributed by atoms with E-state index < -0.39 is 0 Å². The third-order valence-corrected chi connectivity index (χ3v) is 2.36. The number of benzene rings is 1. The molecule has 3 nitrogen and oxygen atoms in total. The van der Waals surface area contributed by atoms with Gasteiger partial charge in [0.15, 0.2) is 0 Å². The first kappa shape index (κ1) is 10.8.